The summed E-state index contributed by atoms with van der Waals surface area (Å²) in [6, 6.07) is 4.20. The molecule has 3 heterocycles. The molecule has 1 aromatic carbocycles. The van der Waals surface area contributed by atoms with Crippen LogP contribution in [0.2, 0.25) is 0 Å². The van der Waals surface area contributed by atoms with Crippen molar-refractivity contribution < 1.29 is 14.0 Å². The number of benzene rings is 1. The number of rotatable bonds is 3. The largest absolute Gasteiger partial charge is 0.360 e. The van der Waals surface area contributed by atoms with Gasteiger partial charge in [0.2, 0.25) is 5.91 Å². The highest BCUT2D eigenvalue weighted by Gasteiger charge is 2.26. The molecule has 0 aliphatic carbocycles. The van der Waals surface area contributed by atoms with Gasteiger partial charge in [-0.05, 0) is 49.7 Å². The molecule has 4 rings (SSSR count). The van der Waals surface area contributed by atoms with E-state index in [0.717, 1.165) is 18.5 Å². The van der Waals surface area contributed by atoms with E-state index in [0.29, 0.717) is 34.8 Å². The summed E-state index contributed by atoms with van der Waals surface area (Å²) in [5, 5.41) is 8.84. The Morgan fingerprint density at radius 1 is 1.38 bits per heavy atom. The molecule has 1 fully saturated rings. The van der Waals surface area contributed by atoms with Crippen LogP contribution in [0.25, 0.3) is 11.6 Å². The first-order chi connectivity index (χ1) is 12.5. The zero-order valence-corrected chi connectivity index (χ0v) is 14.3. The van der Waals surface area contributed by atoms with Gasteiger partial charge in [0.15, 0.2) is 0 Å². The average molecular weight is 354 g/mol. The number of carbonyl (C=O) groups is 2. The van der Waals surface area contributed by atoms with E-state index in [2.05, 4.69) is 20.9 Å². The molecule has 2 aromatic rings. The summed E-state index contributed by atoms with van der Waals surface area (Å²) in [5.74, 6) is -0.710. The van der Waals surface area contributed by atoms with Gasteiger partial charge in [0.25, 0.3) is 5.91 Å². The van der Waals surface area contributed by atoms with Crippen molar-refractivity contribution in [3.63, 3.8) is 0 Å². The number of hydrogen-bond donors (Lipinski definition) is 4. The maximum atomic E-state index is 13.5. The van der Waals surface area contributed by atoms with Gasteiger partial charge >= 0.3 is 0 Å². The lowest BCUT2D eigenvalue weighted by atomic mass is 10.0. The molecule has 0 radical (unpaired) electrons. The summed E-state index contributed by atoms with van der Waals surface area (Å²) in [5.41, 5.74) is 3.73. The van der Waals surface area contributed by atoms with Gasteiger partial charge in [0.05, 0.1) is 17.2 Å². The molecule has 2 amide bonds. The van der Waals surface area contributed by atoms with Crippen molar-refractivity contribution in [2.24, 2.45) is 5.92 Å². The summed E-state index contributed by atoms with van der Waals surface area (Å²) in [4.78, 5) is 27.6. The van der Waals surface area contributed by atoms with Crippen LogP contribution in [0.4, 0.5) is 15.8 Å². The quantitative estimate of drug-likeness (QED) is 0.639. The van der Waals surface area contributed by atoms with Gasteiger partial charge in [0, 0.05) is 29.7 Å². The molecule has 1 unspecified atom stereocenters. The van der Waals surface area contributed by atoms with Crippen molar-refractivity contribution in [2.45, 2.75) is 13.3 Å². The van der Waals surface area contributed by atoms with E-state index in [1.165, 1.54) is 12.1 Å². The highest BCUT2D eigenvalue weighted by molar-refractivity contribution is 6.34. The third kappa shape index (κ3) is 2.90. The van der Waals surface area contributed by atoms with Crippen molar-refractivity contribution in [1.29, 1.82) is 0 Å². The van der Waals surface area contributed by atoms with E-state index < -0.39 is 5.82 Å². The second-order valence-corrected chi connectivity index (χ2v) is 6.62. The molecule has 134 valence electrons. The fraction of sp³-hybridized carbons (Fsp3) is 0.263. The Balaban J connectivity index is 1.61. The molecule has 0 saturated carbocycles. The van der Waals surface area contributed by atoms with Crippen LogP contribution in [-0.2, 0) is 9.59 Å². The minimum absolute atomic E-state index is 0.0117. The first-order valence-corrected chi connectivity index (χ1v) is 8.55. The number of fused-ring (bicyclic) bond motifs is 1. The van der Waals surface area contributed by atoms with Crippen LogP contribution in [0.5, 0.6) is 0 Å². The highest BCUT2D eigenvalue weighted by atomic mass is 19.1. The van der Waals surface area contributed by atoms with E-state index in [1.54, 1.807) is 18.3 Å². The Bertz CT molecular complexity index is 926. The number of carbonyl (C=O) groups excluding carboxylic acids is 2. The molecule has 1 saturated heterocycles. The number of anilines is 2. The summed E-state index contributed by atoms with van der Waals surface area (Å²) in [7, 11) is 0. The van der Waals surface area contributed by atoms with Crippen LogP contribution >= 0.6 is 0 Å². The molecule has 2 aliphatic rings. The van der Waals surface area contributed by atoms with Gasteiger partial charge < -0.3 is 20.9 Å². The predicted molar refractivity (Wildman–Crippen MR) is 98.0 cm³/mol. The third-order valence-corrected chi connectivity index (χ3v) is 4.92. The fourth-order valence-electron chi connectivity index (χ4n) is 3.35. The van der Waals surface area contributed by atoms with Gasteiger partial charge in [-0.15, -0.1) is 0 Å². The first-order valence-electron chi connectivity index (χ1n) is 8.55. The first kappa shape index (κ1) is 16.5. The summed E-state index contributed by atoms with van der Waals surface area (Å²) >= 11 is 0. The Labute approximate surface area is 149 Å². The van der Waals surface area contributed by atoms with Crippen LogP contribution in [-0.4, -0.2) is 29.9 Å². The van der Waals surface area contributed by atoms with Crippen LogP contribution in [0, 0.1) is 18.7 Å². The SMILES string of the molecule is Cc1c(NC(=O)C2CCNC2)c[nH]c1/C=C1\C(=O)Nc2ccc(F)cc21. The van der Waals surface area contributed by atoms with Crippen LogP contribution in [0.15, 0.2) is 24.4 Å². The predicted octanol–water partition coefficient (Wildman–Crippen LogP) is 2.50. The lowest BCUT2D eigenvalue weighted by Gasteiger charge is -2.09. The molecule has 7 heteroatoms. The second-order valence-electron chi connectivity index (χ2n) is 6.62. The van der Waals surface area contributed by atoms with Gasteiger partial charge in [-0.2, -0.15) is 0 Å². The topological polar surface area (TPSA) is 86.0 Å². The van der Waals surface area contributed by atoms with Gasteiger partial charge in [-0.1, -0.05) is 0 Å². The van der Waals surface area contributed by atoms with Crippen molar-refractivity contribution in [3.05, 3.63) is 47.0 Å². The molecule has 0 bridgehead atoms. The number of hydrogen-bond acceptors (Lipinski definition) is 3. The van der Waals surface area contributed by atoms with Gasteiger partial charge in [-0.3, -0.25) is 9.59 Å². The molecule has 4 N–H and O–H groups in total. The maximum Gasteiger partial charge on any atom is 0.256 e. The number of nitrogens with one attached hydrogen (secondary N) is 4. The van der Waals surface area contributed by atoms with Gasteiger partial charge in [-0.25, -0.2) is 4.39 Å². The van der Waals surface area contributed by atoms with E-state index in [1.807, 2.05) is 6.92 Å². The number of H-pyrrole nitrogens is 1. The van der Waals surface area contributed by atoms with Crippen LogP contribution in [0.1, 0.15) is 23.2 Å². The molecular formula is C19H19FN4O2. The molecule has 1 aromatic heterocycles. The van der Waals surface area contributed by atoms with E-state index >= 15 is 0 Å². The summed E-state index contributed by atoms with van der Waals surface area (Å²) in [6.45, 7) is 3.41. The van der Waals surface area contributed by atoms with Crippen LogP contribution < -0.4 is 16.0 Å². The number of halogens is 1. The summed E-state index contributed by atoms with van der Waals surface area (Å²) in [6.07, 6.45) is 4.22. The van der Waals surface area contributed by atoms with E-state index in [-0.39, 0.29) is 17.7 Å². The normalized spacial score (nSPS) is 20.3. The molecular weight excluding hydrogens is 335 g/mol. The smallest absolute Gasteiger partial charge is 0.256 e. The molecule has 26 heavy (non-hydrogen) atoms. The summed E-state index contributed by atoms with van der Waals surface area (Å²) < 4.78 is 13.5. The van der Waals surface area contributed by atoms with Crippen molar-refractivity contribution >= 4 is 34.8 Å². The average Bonchev–Trinajstić information content (AvgIpc) is 3.32. The minimum atomic E-state index is -0.396. The van der Waals surface area contributed by atoms with Crippen molar-refractivity contribution in [2.75, 3.05) is 23.7 Å². The Morgan fingerprint density at radius 2 is 2.23 bits per heavy atom. The highest BCUT2D eigenvalue weighted by Crippen LogP contribution is 2.34. The van der Waals surface area contributed by atoms with E-state index in [9.17, 15) is 14.0 Å². The lowest BCUT2D eigenvalue weighted by molar-refractivity contribution is -0.119. The Hall–Kier alpha value is -2.93. The number of aromatic amines is 1. The molecule has 0 spiro atoms. The molecule has 1 atom stereocenters. The Morgan fingerprint density at radius 3 is 3.00 bits per heavy atom. The number of amides is 2. The standard InChI is InChI=1S/C19H19FN4O2/c1-10-16(22-9-17(10)24-18(25)11-4-5-21-8-11)7-14-13-6-12(20)2-3-15(13)23-19(14)26/h2-3,6-7,9,11,21-22H,4-5,8H2,1H3,(H,23,26)(H,24,25)/b14-7-. The van der Waals surface area contributed by atoms with Crippen molar-refractivity contribution in [1.82, 2.24) is 10.3 Å². The van der Waals surface area contributed by atoms with Crippen molar-refractivity contribution in [3.8, 4) is 0 Å². The molecule has 2 aliphatic heterocycles. The zero-order valence-electron chi connectivity index (χ0n) is 14.3. The third-order valence-electron chi connectivity index (χ3n) is 4.92. The van der Waals surface area contributed by atoms with E-state index in [4.69, 9.17) is 0 Å². The zero-order chi connectivity index (χ0) is 18.3. The minimum Gasteiger partial charge on any atom is -0.360 e. The molecule has 6 nitrogen and oxygen atoms in total. The van der Waals surface area contributed by atoms with Gasteiger partial charge in [0.1, 0.15) is 5.82 Å². The monoisotopic (exact) mass is 354 g/mol. The fourth-order valence-corrected chi connectivity index (χ4v) is 3.35. The Kier molecular flexibility index (Phi) is 4.08. The number of aromatic nitrogens is 1. The maximum absolute atomic E-state index is 13.5. The van der Waals surface area contributed by atoms with Crippen LogP contribution in [0.3, 0.4) is 0 Å². The lowest BCUT2D eigenvalue weighted by Crippen LogP contribution is -2.24. The second kappa shape index (κ2) is 6.42.